The molecule has 8 nitrogen and oxygen atoms in total. The first-order chi connectivity index (χ1) is 12.5. The Morgan fingerprint density at radius 3 is 2.62 bits per heavy atom. The minimum Gasteiger partial charge on any atom is -0.477 e. The van der Waals surface area contributed by atoms with Crippen LogP contribution in [0.15, 0.2) is 54.9 Å². The topological polar surface area (TPSA) is 137 Å². The highest BCUT2D eigenvalue weighted by Crippen LogP contribution is 2.17. The number of aliphatic hydroxyl groups excluding tert-OH is 1. The zero-order chi connectivity index (χ0) is 18.9. The van der Waals surface area contributed by atoms with Crippen molar-refractivity contribution in [2.45, 2.75) is 6.10 Å². The Labute approximate surface area is 150 Å². The highest BCUT2D eigenvalue weighted by atomic mass is 16.4. The third-order valence-electron chi connectivity index (χ3n) is 3.47. The van der Waals surface area contributed by atoms with Crippen molar-refractivity contribution >= 4 is 11.9 Å². The van der Waals surface area contributed by atoms with Crippen molar-refractivity contribution in [2.75, 3.05) is 19.3 Å². The number of aromatic carboxylic acids is 1. The van der Waals surface area contributed by atoms with E-state index in [-0.39, 0.29) is 17.7 Å². The molecule has 0 saturated carbocycles. The average Bonchev–Trinajstić information content (AvgIpc) is 3.14. The molecular weight excluding hydrogens is 334 g/mol. The van der Waals surface area contributed by atoms with Gasteiger partial charge >= 0.3 is 5.97 Å². The number of likely N-dealkylation sites (N-methyl/N-ethyl adjacent to an activating group) is 1. The molecule has 2 aromatic heterocycles. The molecule has 0 aliphatic carbocycles. The van der Waals surface area contributed by atoms with Crippen molar-refractivity contribution < 1.29 is 15.0 Å². The van der Waals surface area contributed by atoms with Crippen molar-refractivity contribution in [3.05, 3.63) is 66.1 Å². The first-order valence-electron chi connectivity index (χ1n) is 7.89. The molecule has 26 heavy (non-hydrogen) atoms. The largest absolute Gasteiger partial charge is 0.477 e. The number of aromatic nitrogens is 3. The van der Waals surface area contributed by atoms with Crippen molar-refractivity contribution in [3.63, 3.8) is 0 Å². The number of carbonyl (C=O) groups is 1. The number of aromatic amines is 1. The molecule has 0 amide bonds. The van der Waals surface area contributed by atoms with Gasteiger partial charge in [-0.2, -0.15) is 0 Å². The zero-order valence-corrected chi connectivity index (χ0v) is 14.3. The first-order valence-corrected chi connectivity index (χ1v) is 7.89. The minimum absolute atomic E-state index is 0.113. The maximum atomic E-state index is 10.6. The number of nitrogen functional groups attached to an aromatic ring is 1. The standard InChI is InChI=1S/C9H8N4O2.C9H13NO/c10-9-11-2-1-6(13-9)5-3-7(8(14)15)12-4-5;1-10-7-9(11)8-5-3-2-4-6-8/h1-4,12H,(H,14,15)(H2,10,11,13);2-6,9-11H,7H2,1H3. The van der Waals surface area contributed by atoms with Gasteiger partial charge in [0.2, 0.25) is 5.95 Å². The van der Waals surface area contributed by atoms with Gasteiger partial charge < -0.3 is 26.2 Å². The molecule has 0 spiro atoms. The van der Waals surface area contributed by atoms with Gasteiger partial charge in [0, 0.05) is 24.5 Å². The summed E-state index contributed by atoms with van der Waals surface area (Å²) < 4.78 is 0. The van der Waals surface area contributed by atoms with Crippen LogP contribution >= 0.6 is 0 Å². The normalized spacial score (nSPS) is 11.3. The van der Waals surface area contributed by atoms with E-state index in [1.807, 2.05) is 37.4 Å². The molecule has 8 heteroatoms. The van der Waals surface area contributed by atoms with Crippen LogP contribution in [0.3, 0.4) is 0 Å². The van der Waals surface area contributed by atoms with E-state index in [2.05, 4.69) is 20.3 Å². The van der Waals surface area contributed by atoms with Crippen LogP contribution in [0.4, 0.5) is 5.95 Å². The van der Waals surface area contributed by atoms with E-state index < -0.39 is 5.97 Å². The van der Waals surface area contributed by atoms with E-state index in [9.17, 15) is 9.90 Å². The van der Waals surface area contributed by atoms with Crippen LogP contribution in [0.5, 0.6) is 0 Å². The lowest BCUT2D eigenvalue weighted by atomic mass is 10.1. The Bertz CT molecular complexity index is 836. The fourth-order valence-electron chi connectivity index (χ4n) is 2.19. The SMILES string of the molecule is CNCC(O)c1ccccc1.Nc1nccc(-c2c[nH]c(C(=O)O)c2)n1. The molecule has 3 aromatic rings. The Morgan fingerprint density at radius 1 is 1.31 bits per heavy atom. The number of anilines is 1. The van der Waals surface area contributed by atoms with E-state index in [0.29, 0.717) is 17.8 Å². The van der Waals surface area contributed by atoms with Gasteiger partial charge in [-0.25, -0.2) is 14.8 Å². The molecule has 0 saturated heterocycles. The number of carboxylic acid groups (broad SMARTS) is 1. The molecular formula is C18H21N5O3. The average molecular weight is 355 g/mol. The summed E-state index contributed by atoms with van der Waals surface area (Å²) in [5.41, 5.74) is 7.74. The molecule has 136 valence electrons. The van der Waals surface area contributed by atoms with Crippen LogP contribution in [0, 0.1) is 0 Å². The van der Waals surface area contributed by atoms with Gasteiger partial charge in [-0.1, -0.05) is 30.3 Å². The van der Waals surface area contributed by atoms with Gasteiger partial charge in [0.05, 0.1) is 11.8 Å². The monoisotopic (exact) mass is 355 g/mol. The molecule has 0 fully saturated rings. The number of rotatable bonds is 5. The number of benzene rings is 1. The number of nitrogens with two attached hydrogens (primary N) is 1. The minimum atomic E-state index is -1.01. The summed E-state index contributed by atoms with van der Waals surface area (Å²) in [4.78, 5) is 21.0. The fourth-order valence-corrected chi connectivity index (χ4v) is 2.19. The molecule has 0 aliphatic heterocycles. The Hall–Kier alpha value is -3.23. The van der Waals surface area contributed by atoms with E-state index in [4.69, 9.17) is 10.8 Å². The van der Waals surface area contributed by atoms with Crippen LogP contribution in [0.1, 0.15) is 22.2 Å². The Kier molecular flexibility index (Phi) is 6.84. The number of H-pyrrole nitrogens is 1. The highest BCUT2D eigenvalue weighted by molar-refractivity contribution is 5.87. The number of nitrogens with one attached hydrogen (secondary N) is 2. The number of aliphatic hydroxyl groups is 1. The van der Waals surface area contributed by atoms with E-state index in [1.54, 1.807) is 12.3 Å². The van der Waals surface area contributed by atoms with Crippen LogP contribution in [-0.4, -0.2) is 44.7 Å². The second-order valence-electron chi connectivity index (χ2n) is 5.39. The predicted octanol–water partition coefficient (Wildman–Crippen LogP) is 1.69. The summed E-state index contributed by atoms with van der Waals surface area (Å²) in [5.74, 6) is -0.853. The van der Waals surface area contributed by atoms with Crippen LogP contribution in [0.25, 0.3) is 11.3 Å². The molecule has 6 N–H and O–H groups in total. The van der Waals surface area contributed by atoms with Crippen LogP contribution < -0.4 is 11.1 Å². The zero-order valence-electron chi connectivity index (χ0n) is 14.3. The van der Waals surface area contributed by atoms with Gasteiger partial charge in [0.15, 0.2) is 0 Å². The summed E-state index contributed by atoms with van der Waals surface area (Å²) >= 11 is 0. The molecule has 2 heterocycles. The van der Waals surface area contributed by atoms with Gasteiger partial charge in [-0.3, -0.25) is 0 Å². The quantitative estimate of drug-likeness (QED) is 0.469. The lowest BCUT2D eigenvalue weighted by molar-refractivity contribution is 0.0691. The van der Waals surface area contributed by atoms with Crippen molar-refractivity contribution in [1.82, 2.24) is 20.3 Å². The maximum Gasteiger partial charge on any atom is 0.352 e. The van der Waals surface area contributed by atoms with Crippen LogP contribution in [-0.2, 0) is 0 Å². The Morgan fingerprint density at radius 2 is 2.04 bits per heavy atom. The smallest absolute Gasteiger partial charge is 0.352 e. The second-order valence-corrected chi connectivity index (χ2v) is 5.39. The molecule has 0 radical (unpaired) electrons. The van der Waals surface area contributed by atoms with E-state index in [0.717, 1.165) is 5.56 Å². The fraction of sp³-hybridized carbons (Fsp3) is 0.167. The van der Waals surface area contributed by atoms with Crippen LogP contribution in [0.2, 0.25) is 0 Å². The summed E-state index contributed by atoms with van der Waals surface area (Å²) in [6.07, 6.45) is 2.69. The van der Waals surface area contributed by atoms with Gasteiger partial charge in [0.1, 0.15) is 5.69 Å². The number of hydrogen-bond donors (Lipinski definition) is 5. The summed E-state index contributed by atoms with van der Waals surface area (Å²) in [7, 11) is 1.83. The summed E-state index contributed by atoms with van der Waals surface area (Å²) in [5, 5.41) is 21.1. The molecule has 1 atom stereocenters. The lowest BCUT2D eigenvalue weighted by Gasteiger charge is -2.08. The molecule has 0 bridgehead atoms. The number of nitrogens with zero attached hydrogens (tertiary/aromatic N) is 2. The van der Waals surface area contributed by atoms with E-state index >= 15 is 0 Å². The third-order valence-corrected chi connectivity index (χ3v) is 3.47. The highest BCUT2D eigenvalue weighted by Gasteiger charge is 2.08. The second kappa shape index (κ2) is 9.30. The Balaban J connectivity index is 0.000000197. The summed E-state index contributed by atoms with van der Waals surface area (Å²) in [6, 6.07) is 12.8. The third kappa shape index (κ3) is 5.40. The van der Waals surface area contributed by atoms with E-state index in [1.165, 1.54) is 12.3 Å². The van der Waals surface area contributed by atoms with Gasteiger partial charge in [-0.05, 0) is 24.7 Å². The van der Waals surface area contributed by atoms with Gasteiger partial charge in [0.25, 0.3) is 0 Å². The molecule has 0 aliphatic rings. The number of hydrogen-bond acceptors (Lipinski definition) is 6. The van der Waals surface area contributed by atoms with Crippen molar-refractivity contribution in [1.29, 1.82) is 0 Å². The summed E-state index contributed by atoms with van der Waals surface area (Å²) in [6.45, 7) is 0.601. The molecule has 3 rings (SSSR count). The maximum absolute atomic E-state index is 10.6. The number of carboxylic acids is 1. The van der Waals surface area contributed by atoms with Gasteiger partial charge in [-0.15, -0.1) is 0 Å². The van der Waals surface area contributed by atoms with Crippen molar-refractivity contribution in [2.24, 2.45) is 0 Å². The first kappa shape index (κ1) is 19.1. The predicted molar refractivity (Wildman–Crippen MR) is 98.5 cm³/mol. The molecule has 1 aromatic carbocycles. The lowest BCUT2D eigenvalue weighted by Crippen LogP contribution is -2.16. The van der Waals surface area contributed by atoms with Crippen molar-refractivity contribution in [3.8, 4) is 11.3 Å². The molecule has 1 unspecified atom stereocenters.